The number of nitrogens with one attached hydrogen (secondary N) is 1. The summed E-state index contributed by atoms with van der Waals surface area (Å²) in [6, 6.07) is 13.0. The Labute approximate surface area is 262 Å². The molecule has 3 aromatic carbocycles. The van der Waals surface area contributed by atoms with E-state index in [4.69, 9.17) is 4.74 Å². The Morgan fingerprint density at radius 3 is 1.33 bits per heavy atom. The number of esters is 1. The highest BCUT2D eigenvalue weighted by molar-refractivity contribution is 6.02. The van der Waals surface area contributed by atoms with Gasteiger partial charge in [-0.05, 0) is 71.8 Å². The van der Waals surface area contributed by atoms with Crippen molar-refractivity contribution in [2.75, 3.05) is 5.32 Å². The molecule has 0 spiro atoms. The fraction of sp³-hybridized carbons (Fsp3) is 0.200. The Kier molecular flexibility index (Phi) is 11.4. The highest BCUT2D eigenvalue weighted by atomic mass is 19.4. The smallest absolute Gasteiger partial charge is 0.430 e. The van der Waals surface area contributed by atoms with Gasteiger partial charge in [0.25, 0.3) is 12.3 Å². The van der Waals surface area contributed by atoms with Crippen LogP contribution in [0, 0.1) is 0 Å². The second-order valence-electron chi connectivity index (χ2n) is 9.38. The summed E-state index contributed by atoms with van der Waals surface area (Å²) >= 11 is 0. The Bertz CT molecular complexity index is 1480. The van der Waals surface area contributed by atoms with Crippen molar-refractivity contribution in [1.82, 2.24) is 0 Å². The van der Waals surface area contributed by atoms with Crippen LogP contribution >= 0.6 is 0 Å². The first kappa shape index (κ1) is 37.3. The zero-order valence-electron chi connectivity index (χ0n) is 23.5. The number of anilines is 1. The normalized spacial score (nSPS) is 14.1. The summed E-state index contributed by atoms with van der Waals surface area (Å²) in [5, 5.41) is 2.45. The highest BCUT2D eigenvalue weighted by Gasteiger charge is 2.60. The average molecular weight is 701 g/mol. The molecule has 0 aliphatic carbocycles. The van der Waals surface area contributed by atoms with E-state index in [1.54, 1.807) is 0 Å². The van der Waals surface area contributed by atoms with Crippen LogP contribution in [0.25, 0.3) is 12.2 Å². The zero-order valence-corrected chi connectivity index (χ0v) is 23.5. The standard InChI is InChI=1S/C30H19F12NO5/c31-25(27(33,34)35)29(39,40)47-21-9-1-17(2-10-21)5-15-23(44)43-19-7-13-20(14-8-19)46-24(45)16-6-18-3-11-22(12-4-18)48-30(41,42)26(32)28(36,37)38/h1-16,25-26H,(H,43,44)/b15-5+,16-6+/t25-,26+/m0/s1. The number of ether oxygens (including phenoxy) is 3. The summed E-state index contributed by atoms with van der Waals surface area (Å²) in [6.07, 6.45) is -26.8. The number of halogens is 12. The highest BCUT2D eigenvalue weighted by Crippen LogP contribution is 2.38. The molecule has 0 heterocycles. The van der Waals surface area contributed by atoms with Gasteiger partial charge < -0.3 is 19.5 Å². The van der Waals surface area contributed by atoms with Gasteiger partial charge in [0.15, 0.2) is 0 Å². The molecule has 0 saturated heterocycles. The molecule has 1 N–H and O–H groups in total. The number of hydrogen-bond donors (Lipinski definition) is 1. The van der Waals surface area contributed by atoms with Crippen LogP contribution in [0.4, 0.5) is 58.4 Å². The number of carbonyl (C=O) groups excluding carboxylic acids is 2. The van der Waals surface area contributed by atoms with Crippen molar-refractivity contribution in [3.63, 3.8) is 0 Å². The lowest BCUT2D eigenvalue weighted by Gasteiger charge is -2.23. The van der Waals surface area contributed by atoms with Crippen molar-refractivity contribution in [3.05, 3.63) is 96.1 Å². The van der Waals surface area contributed by atoms with Gasteiger partial charge >= 0.3 is 30.5 Å². The maximum Gasteiger partial charge on any atom is 0.439 e. The molecule has 0 bridgehead atoms. The first-order valence-corrected chi connectivity index (χ1v) is 12.9. The SMILES string of the molecule is O=C(/C=C/c1ccc(OC(F)(F)[C@@H](F)C(F)(F)F)cc1)Nc1ccc(OC(=O)/C=C/c2ccc(OC(F)(F)[C@H](F)C(F)(F)F)cc2)cc1. The van der Waals surface area contributed by atoms with Gasteiger partial charge in [-0.25, -0.2) is 13.6 Å². The van der Waals surface area contributed by atoms with Crippen LogP contribution < -0.4 is 19.5 Å². The Hall–Kier alpha value is -5.16. The van der Waals surface area contributed by atoms with E-state index in [9.17, 15) is 62.3 Å². The van der Waals surface area contributed by atoms with E-state index >= 15 is 0 Å². The summed E-state index contributed by atoms with van der Waals surface area (Å²) < 4.78 is 165. The number of benzene rings is 3. The van der Waals surface area contributed by atoms with Crippen LogP contribution in [0.2, 0.25) is 0 Å². The molecule has 258 valence electrons. The summed E-state index contributed by atoms with van der Waals surface area (Å²) in [7, 11) is 0. The molecule has 18 heteroatoms. The molecule has 0 aliphatic rings. The molecule has 0 radical (unpaired) electrons. The third-order valence-corrected chi connectivity index (χ3v) is 5.61. The van der Waals surface area contributed by atoms with Crippen LogP contribution in [-0.4, -0.2) is 48.8 Å². The molecule has 0 unspecified atom stereocenters. The first-order valence-electron chi connectivity index (χ1n) is 12.9. The van der Waals surface area contributed by atoms with Crippen molar-refractivity contribution in [3.8, 4) is 17.2 Å². The second-order valence-corrected chi connectivity index (χ2v) is 9.38. The van der Waals surface area contributed by atoms with Gasteiger partial charge in [-0.1, -0.05) is 24.3 Å². The van der Waals surface area contributed by atoms with Crippen molar-refractivity contribution in [2.24, 2.45) is 0 Å². The summed E-state index contributed by atoms with van der Waals surface area (Å²) in [6.45, 7) is 0. The Morgan fingerprint density at radius 2 is 0.938 bits per heavy atom. The van der Waals surface area contributed by atoms with Crippen molar-refractivity contribution < 1.29 is 76.5 Å². The van der Waals surface area contributed by atoms with Crippen molar-refractivity contribution in [1.29, 1.82) is 0 Å². The van der Waals surface area contributed by atoms with Gasteiger partial charge in [0.1, 0.15) is 17.2 Å². The van der Waals surface area contributed by atoms with E-state index in [2.05, 4.69) is 14.8 Å². The van der Waals surface area contributed by atoms with Crippen LogP contribution in [0.15, 0.2) is 84.9 Å². The van der Waals surface area contributed by atoms with Crippen LogP contribution in [0.5, 0.6) is 17.2 Å². The van der Waals surface area contributed by atoms with Crippen molar-refractivity contribution in [2.45, 2.75) is 36.9 Å². The van der Waals surface area contributed by atoms with Crippen LogP contribution in [0.1, 0.15) is 11.1 Å². The molecule has 48 heavy (non-hydrogen) atoms. The average Bonchev–Trinajstić information content (AvgIpc) is 2.99. The van der Waals surface area contributed by atoms with Crippen molar-refractivity contribution >= 4 is 29.7 Å². The largest absolute Gasteiger partial charge is 0.439 e. The Morgan fingerprint density at radius 1 is 0.562 bits per heavy atom. The lowest BCUT2D eigenvalue weighted by molar-refractivity contribution is -0.305. The van der Waals surface area contributed by atoms with Crippen LogP contribution in [0.3, 0.4) is 0 Å². The Balaban J connectivity index is 1.48. The van der Waals surface area contributed by atoms with E-state index in [1.165, 1.54) is 36.4 Å². The van der Waals surface area contributed by atoms with E-state index in [1.807, 2.05) is 0 Å². The van der Waals surface area contributed by atoms with Gasteiger partial charge in [-0.15, -0.1) is 0 Å². The molecular weight excluding hydrogens is 682 g/mol. The molecule has 3 rings (SSSR count). The van der Waals surface area contributed by atoms with Gasteiger partial charge in [0.2, 0.25) is 5.91 Å². The zero-order chi connectivity index (χ0) is 35.9. The number of amides is 1. The first-order chi connectivity index (χ1) is 22.2. The molecule has 1 amide bonds. The summed E-state index contributed by atoms with van der Waals surface area (Å²) in [5.41, 5.74) is 0.687. The molecule has 0 saturated carbocycles. The van der Waals surface area contributed by atoms with Gasteiger partial charge in [0, 0.05) is 17.8 Å². The molecular formula is C30H19F12NO5. The lowest BCUT2D eigenvalue weighted by Crippen LogP contribution is -2.45. The predicted molar refractivity (Wildman–Crippen MR) is 145 cm³/mol. The number of carbonyl (C=O) groups is 2. The molecule has 0 aliphatic heterocycles. The van der Waals surface area contributed by atoms with E-state index < -0.39 is 60.3 Å². The lowest BCUT2D eigenvalue weighted by atomic mass is 10.2. The summed E-state index contributed by atoms with van der Waals surface area (Å²) in [4.78, 5) is 24.3. The monoisotopic (exact) mass is 701 g/mol. The number of rotatable bonds is 12. The minimum Gasteiger partial charge on any atom is -0.430 e. The minimum atomic E-state index is -5.85. The maximum atomic E-state index is 13.4. The second kappa shape index (κ2) is 14.7. The molecule has 0 fully saturated rings. The molecule has 0 aromatic heterocycles. The topological polar surface area (TPSA) is 73.9 Å². The van der Waals surface area contributed by atoms with Gasteiger partial charge in [-0.3, -0.25) is 4.79 Å². The number of hydrogen-bond acceptors (Lipinski definition) is 5. The minimum absolute atomic E-state index is 0.0248. The third kappa shape index (κ3) is 11.0. The fourth-order valence-electron chi connectivity index (χ4n) is 3.37. The molecule has 6 nitrogen and oxygen atoms in total. The van der Waals surface area contributed by atoms with E-state index in [0.717, 1.165) is 60.7 Å². The van der Waals surface area contributed by atoms with Gasteiger partial charge in [-0.2, -0.15) is 43.9 Å². The fourth-order valence-corrected chi connectivity index (χ4v) is 3.37. The number of alkyl halides is 12. The van der Waals surface area contributed by atoms with Gasteiger partial charge in [0.05, 0.1) is 0 Å². The molecule has 2 atom stereocenters. The maximum absolute atomic E-state index is 13.4. The quantitative estimate of drug-likeness (QED) is 0.0886. The van der Waals surface area contributed by atoms with Crippen LogP contribution in [-0.2, 0) is 9.59 Å². The van der Waals surface area contributed by atoms with E-state index in [-0.39, 0.29) is 22.6 Å². The summed E-state index contributed by atoms with van der Waals surface area (Å²) in [5.74, 6) is -3.09. The third-order valence-electron chi connectivity index (χ3n) is 5.61. The molecule has 3 aromatic rings. The predicted octanol–water partition coefficient (Wildman–Crippen LogP) is 8.70. The van der Waals surface area contributed by atoms with E-state index in [0.29, 0.717) is 0 Å².